The van der Waals surface area contributed by atoms with Gasteiger partial charge in [-0.05, 0) is 50.1 Å². The van der Waals surface area contributed by atoms with Gasteiger partial charge in [0.2, 0.25) is 5.88 Å². The minimum atomic E-state index is -0.990. The van der Waals surface area contributed by atoms with Crippen LogP contribution < -0.4 is 4.74 Å². The van der Waals surface area contributed by atoms with E-state index in [2.05, 4.69) is 4.98 Å². The lowest BCUT2D eigenvalue weighted by Gasteiger charge is -2.08. The zero-order valence-electron chi connectivity index (χ0n) is 11.1. The van der Waals surface area contributed by atoms with Gasteiger partial charge in [-0.3, -0.25) is 0 Å². The predicted molar refractivity (Wildman–Crippen MR) is 71.9 cm³/mol. The molecule has 1 heterocycles. The van der Waals surface area contributed by atoms with E-state index in [9.17, 15) is 4.79 Å². The fraction of sp³-hybridized carbons (Fsp3) is 0.200. The van der Waals surface area contributed by atoms with Crippen LogP contribution in [0.4, 0.5) is 0 Å². The van der Waals surface area contributed by atoms with Crippen molar-refractivity contribution in [2.45, 2.75) is 20.8 Å². The van der Waals surface area contributed by atoms with Crippen molar-refractivity contribution in [3.05, 3.63) is 52.7 Å². The first-order chi connectivity index (χ1) is 8.94. The van der Waals surface area contributed by atoms with Crippen molar-refractivity contribution >= 4 is 5.97 Å². The van der Waals surface area contributed by atoms with Crippen LogP contribution in [0.25, 0.3) is 0 Å². The van der Waals surface area contributed by atoms with Gasteiger partial charge in [-0.15, -0.1) is 0 Å². The summed E-state index contributed by atoms with van der Waals surface area (Å²) in [6, 6.07) is 8.75. The van der Waals surface area contributed by atoms with Crippen molar-refractivity contribution in [2.75, 3.05) is 0 Å². The highest BCUT2D eigenvalue weighted by molar-refractivity contribution is 5.88. The van der Waals surface area contributed by atoms with E-state index >= 15 is 0 Å². The molecular weight excluding hydrogens is 242 g/mol. The second-order valence-electron chi connectivity index (χ2n) is 4.57. The predicted octanol–water partition coefficient (Wildman–Crippen LogP) is 3.50. The van der Waals surface area contributed by atoms with Crippen molar-refractivity contribution in [3.8, 4) is 11.6 Å². The number of ether oxygens (including phenoxy) is 1. The fourth-order valence-corrected chi connectivity index (χ4v) is 1.93. The second kappa shape index (κ2) is 5.10. The average Bonchev–Trinajstić information content (AvgIpc) is 2.26. The second-order valence-corrected chi connectivity index (χ2v) is 4.57. The van der Waals surface area contributed by atoms with E-state index in [0.717, 1.165) is 11.1 Å². The maximum absolute atomic E-state index is 11.0. The third-order valence-electron chi connectivity index (χ3n) is 2.59. The number of aromatic nitrogens is 1. The molecule has 0 bridgehead atoms. The van der Waals surface area contributed by atoms with Crippen LogP contribution in [0.2, 0.25) is 0 Å². The Morgan fingerprint density at radius 3 is 2.26 bits per heavy atom. The number of carboxylic acids is 1. The molecule has 0 saturated carbocycles. The molecule has 0 radical (unpaired) electrons. The SMILES string of the molecule is Cc1cc(C)cc(Oc2cc(C(=O)O)cc(C)n2)c1. The molecule has 1 aromatic heterocycles. The van der Waals surface area contributed by atoms with Crippen LogP contribution in [0.3, 0.4) is 0 Å². The summed E-state index contributed by atoms with van der Waals surface area (Å²) in [6.45, 7) is 5.69. The molecule has 0 unspecified atom stereocenters. The van der Waals surface area contributed by atoms with Gasteiger partial charge in [0.1, 0.15) is 5.75 Å². The number of pyridine rings is 1. The normalized spacial score (nSPS) is 10.3. The van der Waals surface area contributed by atoms with Gasteiger partial charge in [-0.25, -0.2) is 9.78 Å². The minimum Gasteiger partial charge on any atom is -0.478 e. The first-order valence-corrected chi connectivity index (χ1v) is 5.92. The van der Waals surface area contributed by atoms with E-state index in [1.165, 1.54) is 12.1 Å². The summed E-state index contributed by atoms with van der Waals surface area (Å²) in [6.07, 6.45) is 0. The minimum absolute atomic E-state index is 0.173. The maximum atomic E-state index is 11.0. The van der Waals surface area contributed by atoms with Gasteiger partial charge in [0.15, 0.2) is 0 Å². The topological polar surface area (TPSA) is 59.4 Å². The van der Waals surface area contributed by atoms with Crippen molar-refractivity contribution in [3.63, 3.8) is 0 Å². The largest absolute Gasteiger partial charge is 0.478 e. The van der Waals surface area contributed by atoms with Crippen molar-refractivity contribution in [1.82, 2.24) is 4.98 Å². The van der Waals surface area contributed by atoms with Gasteiger partial charge in [0, 0.05) is 11.8 Å². The zero-order chi connectivity index (χ0) is 14.0. The molecule has 4 nitrogen and oxygen atoms in total. The standard InChI is InChI=1S/C15H15NO3/c1-9-4-10(2)6-13(5-9)19-14-8-12(15(17)18)7-11(3)16-14/h4-8H,1-3H3,(H,17,18). The lowest BCUT2D eigenvalue weighted by atomic mass is 10.1. The van der Waals surface area contributed by atoms with Gasteiger partial charge in [-0.2, -0.15) is 0 Å². The van der Waals surface area contributed by atoms with E-state index < -0.39 is 5.97 Å². The molecule has 2 aromatic rings. The molecule has 1 N–H and O–H groups in total. The molecule has 0 fully saturated rings. The Bertz CT molecular complexity index is 615. The first-order valence-electron chi connectivity index (χ1n) is 5.92. The molecule has 0 aliphatic heterocycles. The van der Waals surface area contributed by atoms with Crippen LogP contribution in [-0.4, -0.2) is 16.1 Å². The average molecular weight is 257 g/mol. The molecular formula is C15H15NO3. The summed E-state index contributed by atoms with van der Waals surface area (Å²) in [5.41, 5.74) is 2.95. The van der Waals surface area contributed by atoms with Gasteiger partial charge in [-0.1, -0.05) is 6.07 Å². The Kier molecular flexibility index (Phi) is 3.51. The third kappa shape index (κ3) is 3.31. The van der Waals surface area contributed by atoms with Crippen LogP contribution in [0.5, 0.6) is 11.6 Å². The van der Waals surface area contributed by atoms with E-state index in [1.54, 1.807) is 6.92 Å². The smallest absolute Gasteiger partial charge is 0.335 e. The van der Waals surface area contributed by atoms with E-state index in [4.69, 9.17) is 9.84 Å². The van der Waals surface area contributed by atoms with Crippen molar-refractivity contribution < 1.29 is 14.6 Å². The maximum Gasteiger partial charge on any atom is 0.335 e. The van der Waals surface area contributed by atoms with Crippen LogP contribution in [0.1, 0.15) is 27.2 Å². The van der Waals surface area contributed by atoms with Crippen LogP contribution in [-0.2, 0) is 0 Å². The number of benzene rings is 1. The molecule has 1 aromatic carbocycles. The Hall–Kier alpha value is -2.36. The van der Waals surface area contributed by atoms with E-state index in [0.29, 0.717) is 17.3 Å². The molecule has 2 rings (SSSR count). The molecule has 0 saturated heterocycles. The number of hydrogen-bond acceptors (Lipinski definition) is 3. The number of aryl methyl sites for hydroxylation is 3. The Morgan fingerprint density at radius 1 is 1.05 bits per heavy atom. The molecule has 98 valence electrons. The Morgan fingerprint density at radius 2 is 1.68 bits per heavy atom. The number of rotatable bonds is 3. The quantitative estimate of drug-likeness (QED) is 0.914. The summed E-state index contributed by atoms with van der Waals surface area (Å²) >= 11 is 0. The highest BCUT2D eigenvalue weighted by Crippen LogP contribution is 2.23. The number of aromatic carboxylic acids is 1. The van der Waals surface area contributed by atoms with Crippen molar-refractivity contribution in [2.24, 2.45) is 0 Å². The molecule has 19 heavy (non-hydrogen) atoms. The van der Waals surface area contributed by atoms with E-state index in [-0.39, 0.29) is 5.56 Å². The summed E-state index contributed by atoms with van der Waals surface area (Å²) in [5, 5.41) is 9.00. The summed E-state index contributed by atoms with van der Waals surface area (Å²) in [5.74, 6) is -0.0369. The molecule has 0 amide bonds. The number of hydrogen-bond donors (Lipinski definition) is 1. The lowest BCUT2D eigenvalue weighted by Crippen LogP contribution is -2.00. The van der Waals surface area contributed by atoms with Crippen LogP contribution >= 0.6 is 0 Å². The summed E-state index contributed by atoms with van der Waals surface area (Å²) in [4.78, 5) is 15.2. The number of carboxylic acid groups (broad SMARTS) is 1. The van der Waals surface area contributed by atoms with Gasteiger partial charge >= 0.3 is 5.97 Å². The number of carbonyl (C=O) groups is 1. The first kappa shape index (κ1) is 13.1. The van der Waals surface area contributed by atoms with E-state index in [1.807, 2.05) is 32.0 Å². The Labute approximate surface area is 111 Å². The summed E-state index contributed by atoms with van der Waals surface area (Å²) in [7, 11) is 0. The summed E-state index contributed by atoms with van der Waals surface area (Å²) < 4.78 is 5.64. The fourth-order valence-electron chi connectivity index (χ4n) is 1.93. The monoisotopic (exact) mass is 257 g/mol. The highest BCUT2D eigenvalue weighted by Gasteiger charge is 2.08. The molecule has 0 atom stereocenters. The third-order valence-corrected chi connectivity index (χ3v) is 2.59. The number of nitrogens with zero attached hydrogens (tertiary/aromatic N) is 1. The molecule has 0 aliphatic rings. The van der Waals surface area contributed by atoms with Gasteiger partial charge < -0.3 is 9.84 Å². The van der Waals surface area contributed by atoms with Gasteiger partial charge in [0.25, 0.3) is 0 Å². The molecule has 4 heteroatoms. The highest BCUT2D eigenvalue weighted by atomic mass is 16.5. The Balaban J connectivity index is 2.35. The van der Waals surface area contributed by atoms with Crippen molar-refractivity contribution in [1.29, 1.82) is 0 Å². The van der Waals surface area contributed by atoms with Crippen LogP contribution in [0.15, 0.2) is 30.3 Å². The van der Waals surface area contributed by atoms with Crippen LogP contribution in [0, 0.1) is 20.8 Å². The van der Waals surface area contributed by atoms with Gasteiger partial charge in [0.05, 0.1) is 5.56 Å². The zero-order valence-corrected chi connectivity index (χ0v) is 11.1. The molecule has 0 spiro atoms. The molecule has 0 aliphatic carbocycles. The lowest BCUT2D eigenvalue weighted by molar-refractivity contribution is 0.0696.